The number of hydrogen-bond donors (Lipinski definition) is 0. The van der Waals surface area contributed by atoms with Crippen LogP contribution in [0.1, 0.15) is 94.9 Å². The van der Waals surface area contributed by atoms with Crippen molar-refractivity contribution in [3.8, 4) is 0 Å². The zero-order valence-electron chi connectivity index (χ0n) is 23.1. The van der Waals surface area contributed by atoms with Gasteiger partial charge in [0.1, 0.15) is 0 Å². The van der Waals surface area contributed by atoms with Gasteiger partial charge < -0.3 is 12.3 Å². The van der Waals surface area contributed by atoms with Gasteiger partial charge in [0, 0.05) is 6.04 Å². The van der Waals surface area contributed by atoms with Crippen molar-refractivity contribution in [3.05, 3.63) is 0 Å². The molecular weight excluding hydrogens is 449 g/mol. The van der Waals surface area contributed by atoms with Crippen LogP contribution < -0.4 is 0 Å². The van der Waals surface area contributed by atoms with E-state index in [0.29, 0.717) is 0 Å². The monoisotopic (exact) mass is 506 g/mol. The third kappa shape index (κ3) is 9.13. The van der Waals surface area contributed by atoms with Crippen LogP contribution in [0.5, 0.6) is 0 Å². The van der Waals surface area contributed by atoms with Crippen molar-refractivity contribution in [1.82, 2.24) is 0 Å². The highest BCUT2D eigenvalue weighted by molar-refractivity contribution is 6.92. The number of unbranched alkanes of at least 4 members (excludes halogenated alkanes) is 3. The molecule has 0 unspecified atom stereocenters. The van der Waals surface area contributed by atoms with Crippen molar-refractivity contribution in [3.63, 3.8) is 0 Å². The second-order valence-electron chi connectivity index (χ2n) is 9.53. The maximum atomic E-state index is 7.48. The predicted molar refractivity (Wildman–Crippen MR) is 150 cm³/mol. The van der Waals surface area contributed by atoms with Gasteiger partial charge in [0.2, 0.25) is 0 Å². The average Bonchev–Trinajstić information content (AvgIpc) is 2.83. The molecule has 7 heteroatoms. The summed E-state index contributed by atoms with van der Waals surface area (Å²) in [5.74, 6) is 0. The Kier molecular flexibility index (Phi) is 16.0. The molecule has 0 aliphatic rings. The molecule has 0 aliphatic carbocycles. The molecule has 0 atom stereocenters. The van der Waals surface area contributed by atoms with Gasteiger partial charge in [0.05, 0.1) is 0 Å². The lowest BCUT2D eigenvalue weighted by Crippen LogP contribution is -2.64. The lowest BCUT2D eigenvalue weighted by Gasteiger charge is -2.48. The number of hydrogen-bond acceptors (Lipinski definition) is 3. The molecule has 0 aromatic rings. The van der Waals surface area contributed by atoms with Gasteiger partial charge in [-0.15, -0.1) is 0 Å². The van der Waals surface area contributed by atoms with Crippen LogP contribution in [0.3, 0.4) is 0 Å². The molecule has 0 aliphatic heterocycles. The van der Waals surface area contributed by atoms with Crippen LogP contribution in [0, 0.1) is 0 Å². The van der Waals surface area contributed by atoms with E-state index in [9.17, 15) is 0 Å². The van der Waals surface area contributed by atoms with Crippen LogP contribution in [0.15, 0.2) is 0 Å². The second kappa shape index (κ2) is 15.6. The summed E-state index contributed by atoms with van der Waals surface area (Å²) in [4.78, 5) is 0. The smallest absolute Gasteiger partial charge is 0.416 e. The maximum Gasteiger partial charge on any atom is 0.469 e. The number of rotatable bonds is 20. The topological polar surface area (TPSA) is 27.7 Å². The molecule has 0 bridgehead atoms. The summed E-state index contributed by atoms with van der Waals surface area (Å²) in [6.45, 7) is 23.5. The van der Waals surface area contributed by atoms with Gasteiger partial charge >= 0.3 is 8.80 Å². The molecule has 0 rings (SSSR count). The van der Waals surface area contributed by atoms with Crippen molar-refractivity contribution in [2.75, 3.05) is 0 Å². The molecule has 0 aromatic heterocycles. The predicted octanol–water partition coefficient (Wildman–Crippen LogP) is 9.57. The molecular formula is C24H58O3Si4. The normalized spacial score (nSPS) is 13.7. The molecule has 0 spiro atoms. The Morgan fingerprint density at radius 1 is 0.387 bits per heavy atom. The Hall–Kier alpha value is 0.748. The van der Waals surface area contributed by atoms with Crippen LogP contribution in [0.25, 0.3) is 0 Å². The third-order valence-electron chi connectivity index (χ3n) is 8.25. The molecule has 0 aromatic carbocycles. The van der Waals surface area contributed by atoms with E-state index in [0.717, 1.165) is 6.04 Å². The van der Waals surface area contributed by atoms with Gasteiger partial charge in [0.15, 0.2) is 25.0 Å². The van der Waals surface area contributed by atoms with Crippen molar-refractivity contribution in [1.29, 1.82) is 0 Å². The molecule has 31 heavy (non-hydrogen) atoms. The molecule has 0 heterocycles. The van der Waals surface area contributed by atoms with Crippen LogP contribution in [-0.2, 0) is 12.3 Å². The van der Waals surface area contributed by atoms with E-state index in [-0.39, 0.29) is 0 Å². The standard InChI is InChI=1S/C24H58O3Si4/c1-11-21-22-23-24-31(25-28(12-2,13-3)14-4,26-29(15-5,16-6)17-7)27-30(18-8,19-9)20-10/h11-24H2,1-10H3. The van der Waals surface area contributed by atoms with Crippen molar-refractivity contribution >= 4 is 33.8 Å². The molecule has 0 amide bonds. The molecule has 3 nitrogen and oxygen atoms in total. The van der Waals surface area contributed by atoms with Crippen LogP contribution in [0.4, 0.5) is 0 Å². The van der Waals surface area contributed by atoms with E-state index in [2.05, 4.69) is 69.2 Å². The molecule has 0 radical (unpaired) electrons. The van der Waals surface area contributed by atoms with Crippen LogP contribution >= 0.6 is 0 Å². The first kappa shape index (κ1) is 31.7. The Balaban J connectivity index is 6.48. The molecule has 0 saturated heterocycles. The minimum atomic E-state index is -2.76. The summed E-state index contributed by atoms with van der Waals surface area (Å²) in [5, 5.41) is 0. The van der Waals surface area contributed by atoms with Crippen LogP contribution in [0.2, 0.25) is 60.4 Å². The summed E-state index contributed by atoms with van der Waals surface area (Å²) >= 11 is 0. The van der Waals surface area contributed by atoms with Gasteiger partial charge in [-0.25, -0.2) is 0 Å². The average molecular weight is 507 g/mol. The summed E-state index contributed by atoms with van der Waals surface area (Å²) < 4.78 is 22.4. The Morgan fingerprint density at radius 2 is 0.677 bits per heavy atom. The molecule has 0 saturated carbocycles. The molecule has 0 fully saturated rings. The second-order valence-corrected chi connectivity index (χ2v) is 27.3. The highest BCUT2D eigenvalue weighted by Crippen LogP contribution is 2.39. The quantitative estimate of drug-likeness (QED) is 0.121. The zero-order chi connectivity index (χ0) is 24.0. The minimum absolute atomic E-state index is 1.05. The largest absolute Gasteiger partial charge is 0.469 e. The van der Waals surface area contributed by atoms with Gasteiger partial charge in [-0.1, -0.05) is 88.5 Å². The summed E-state index contributed by atoms with van der Waals surface area (Å²) in [7, 11) is -8.28. The van der Waals surface area contributed by atoms with Crippen molar-refractivity contribution < 1.29 is 12.3 Å². The summed E-state index contributed by atoms with van der Waals surface area (Å²) in [6.07, 6.45) is 5.05. The Morgan fingerprint density at radius 3 is 0.903 bits per heavy atom. The van der Waals surface area contributed by atoms with E-state index in [1.165, 1.54) is 80.1 Å². The van der Waals surface area contributed by atoms with E-state index < -0.39 is 33.8 Å². The lowest BCUT2D eigenvalue weighted by molar-refractivity contribution is 0.237. The first-order valence-corrected chi connectivity index (χ1v) is 23.4. The summed E-state index contributed by atoms with van der Waals surface area (Å²) in [6, 6.07) is 11.6. The van der Waals surface area contributed by atoms with E-state index in [1.54, 1.807) is 0 Å². The highest BCUT2D eigenvalue weighted by Gasteiger charge is 2.54. The Bertz CT molecular complexity index is 370. The fourth-order valence-corrected chi connectivity index (χ4v) is 26.0. The Labute approximate surface area is 201 Å². The van der Waals surface area contributed by atoms with Crippen LogP contribution in [-0.4, -0.2) is 33.8 Å². The highest BCUT2D eigenvalue weighted by atomic mass is 28.5. The first-order chi connectivity index (χ1) is 14.7. The van der Waals surface area contributed by atoms with Crippen molar-refractivity contribution in [2.24, 2.45) is 0 Å². The van der Waals surface area contributed by atoms with Gasteiger partial charge in [-0.2, -0.15) is 0 Å². The maximum absolute atomic E-state index is 7.48. The fourth-order valence-electron chi connectivity index (χ4n) is 4.87. The van der Waals surface area contributed by atoms with Gasteiger partial charge in [0.25, 0.3) is 0 Å². The van der Waals surface area contributed by atoms with E-state index in [4.69, 9.17) is 12.3 Å². The van der Waals surface area contributed by atoms with Gasteiger partial charge in [-0.3, -0.25) is 0 Å². The van der Waals surface area contributed by atoms with Crippen molar-refractivity contribution in [2.45, 2.75) is 155 Å². The minimum Gasteiger partial charge on any atom is -0.416 e. The summed E-state index contributed by atoms with van der Waals surface area (Å²) in [5.41, 5.74) is 0. The fraction of sp³-hybridized carbons (Fsp3) is 1.00. The molecule has 188 valence electrons. The SMILES string of the molecule is CCCCCC[Si](O[Si](CC)(CC)CC)(O[Si](CC)(CC)CC)O[Si](CC)(CC)CC. The molecule has 0 N–H and O–H groups in total. The lowest BCUT2D eigenvalue weighted by atomic mass is 10.2. The zero-order valence-corrected chi connectivity index (χ0v) is 27.1. The first-order valence-electron chi connectivity index (χ1n) is 13.8. The third-order valence-corrected chi connectivity index (χ3v) is 29.7. The van der Waals surface area contributed by atoms with E-state index >= 15 is 0 Å². The van der Waals surface area contributed by atoms with E-state index in [1.807, 2.05) is 0 Å². The van der Waals surface area contributed by atoms with Gasteiger partial charge in [-0.05, 0) is 60.8 Å².